The Bertz CT molecular complexity index is 236. The van der Waals surface area contributed by atoms with E-state index in [4.69, 9.17) is 0 Å². The third kappa shape index (κ3) is 2.16. The first-order chi connectivity index (χ1) is 7.20. The van der Waals surface area contributed by atoms with Crippen molar-refractivity contribution in [2.45, 2.75) is 45.2 Å². The predicted molar refractivity (Wildman–Crippen MR) is 59.2 cm³/mol. The number of amides is 1. The van der Waals surface area contributed by atoms with Gasteiger partial charge >= 0.3 is 0 Å². The monoisotopic (exact) mass is 211 g/mol. The molecule has 0 saturated carbocycles. The minimum Gasteiger partial charge on any atom is -0.315 e. The molecule has 2 aliphatic heterocycles. The van der Waals surface area contributed by atoms with Crippen LogP contribution >= 0.6 is 0 Å². The molecule has 1 N–H and O–H groups in total. The second-order valence-corrected chi connectivity index (χ2v) is 4.75. The van der Waals surface area contributed by atoms with Crippen molar-refractivity contribution in [1.82, 2.24) is 15.3 Å². The third-order valence-corrected chi connectivity index (χ3v) is 3.29. The molecule has 0 radical (unpaired) electrons. The van der Waals surface area contributed by atoms with E-state index >= 15 is 0 Å². The van der Waals surface area contributed by atoms with Crippen LogP contribution in [0.2, 0.25) is 0 Å². The zero-order valence-electron chi connectivity index (χ0n) is 9.70. The summed E-state index contributed by atoms with van der Waals surface area (Å²) in [7, 11) is 0. The summed E-state index contributed by atoms with van der Waals surface area (Å²) in [5.41, 5.74) is 0. The molecular weight excluding hydrogens is 190 g/mol. The maximum Gasteiger partial charge on any atom is 0.237 e. The third-order valence-electron chi connectivity index (χ3n) is 3.29. The molecular formula is C11H21N3O. The second-order valence-electron chi connectivity index (χ2n) is 4.75. The van der Waals surface area contributed by atoms with Gasteiger partial charge in [0.2, 0.25) is 5.91 Å². The Balaban J connectivity index is 2.10. The molecule has 4 nitrogen and oxygen atoms in total. The summed E-state index contributed by atoms with van der Waals surface area (Å²) in [5.74, 6) is 0.309. The molecule has 0 spiro atoms. The quantitative estimate of drug-likeness (QED) is 0.726. The molecule has 0 aromatic rings. The van der Waals surface area contributed by atoms with E-state index in [-0.39, 0.29) is 0 Å². The molecule has 0 aromatic heterocycles. The molecule has 1 atom stereocenters. The fraction of sp³-hybridized carbons (Fsp3) is 0.909. The van der Waals surface area contributed by atoms with E-state index in [1.165, 1.54) is 0 Å². The molecule has 2 fully saturated rings. The fourth-order valence-corrected chi connectivity index (χ4v) is 2.53. The van der Waals surface area contributed by atoms with Crippen molar-refractivity contribution in [2.75, 3.05) is 19.6 Å². The van der Waals surface area contributed by atoms with Gasteiger partial charge in [0.15, 0.2) is 0 Å². The maximum atomic E-state index is 12.0. The Morgan fingerprint density at radius 1 is 1.47 bits per heavy atom. The van der Waals surface area contributed by atoms with E-state index in [1.807, 2.05) is 5.01 Å². The molecule has 0 aromatic carbocycles. The molecule has 2 rings (SSSR count). The predicted octanol–water partition coefficient (Wildman–Crippen LogP) is 0.596. The molecule has 2 aliphatic rings. The number of hydrogen-bond donors (Lipinski definition) is 1. The van der Waals surface area contributed by atoms with E-state index in [0.29, 0.717) is 18.0 Å². The molecule has 2 heterocycles. The van der Waals surface area contributed by atoms with Crippen LogP contribution < -0.4 is 5.32 Å². The van der Waals surface area contributed by atoms with Gasteiger partial charge in [0.05, 0.1) is 6.04 Å². The van der Waals surface area contributed by atoms with Gasteiger partial charge in [-0.2, -0.15) is 0 Å². The molecule has 1 unspecified atom stereocenters. The molecule has 86 valence electrons. The van der Waals surface area contributed by atoms with Crippen LogP contribution in [0.3, 0.4) is 0 Å². The van der Waals surface area contributed by atoms with E-state index < -0.39 is 0 Å². The van der Waals surface area contributed by atoms with Crippen LogP contribution in [-0.2, 0) is 4.79 Å². The highest BCUT2D eigenvalue weighted by Crippen LogP contribution is 2.21. The number of carbonyl (C=O) groups is 1. The van der Waals surface area contributed by atoms with E-state index in [0.717, 1.165) is 38.9 Å². The number of hydrogen-bond acceptors (Lipinski definition) is 3. The average molecular weight is 211 g/mol. The van der Waals surface area contributed by atoms with Crippen molar-refractivity contribution in [3.63, 3.8) is 0 Å². The van der Waals surface area contributed by atoms with Gasteiger partial charge in [-0.1, -0.05) is 0 Å². The first-order valence-corrected chi connectivity index (χ1v) is 5.99. The lowest BCUT2D eigenvalue weighted by atomic mass is 10.1. The molecule has 0 bridgehead atoms. The van der Waals surface area contributed by atoms with Gasteiger partial charge < -0.3 is 5.32 Å². The Morgan fingerprint density at radius 3 is 2.87 bits per heavy atom. The first kappa shape index (κ1) is 10.9. The molecule has 1 amide bonds. The Labute approximate surface area is 91.6 Å². The van der Waals surface area contributed by atoms with Crippen LogP contribution in [0.15, 0.2) is 0 Å². The van der Waals surface area contributed by atoms with Gasteiger partial charge in [0.1, 0.15) is 0 Å². The minimum absolute atomic E-state index is 0.309. The summed E-state index contributed by atoms with van der Waals surface area (Å²) in [6.07, 6.45) is 2.82. The van der Waals surface area contributed by atoms with Crippen LogP contribution in [0.25, 0.3) is 0 Å². The maximum absolute atomic E-state index is 12.0. The highest BCUT2D eigenvalue weighted by atomic mass is 16.2. The second kappa shape index (κ2) is 4.49. The van der Waals surface area contributed by atoms with Crippen LogP contribution in [0.4, 0.5) is 0 Å². The van der Waals surface area contributed by atoms with Crippen molar-refractivity contribution in [2.24, 2.45) is 0 Å². The molecule has 2 saturated heterocycles. The minimum atomic E-state index is 0.309. The Kier molecular flexibility index (Phi) is 3.26. The van der Waals surface area contributed by atoms with Crippen LogP contribution in [0, 0.1) is 0 Å². The van der Waals surface area contributed by atoms with Gasteiger partial charge in [0, 0.05) is 25.6 Å². The zero-order chi connectivity index (χ0) is 10.8. The normalized spacial score (nSPS) is 29.1. The highest BCUT2D eigenvalue weighted by Gasteiger charge is 2.34. The lowest BCUT2D eigenvalue weighted by molar-refractivity contribution is -0.166. The van der Waals surface area contributed by atoms with Crippen LogP contribution in [-0.4, -0.2) is 47.6 Å². The molecule has 0 aliphatic carbocycles. The lowest BCUT2D eigenvalue weighted by Crippen LogP contribution is -2.58. The van der Waals surface area contributed by atoms with E-state index in [2.05, 4.69) is 24.2 Å². The lowest BCUT2D eigenvalue weighted by Gasteiger charge is -2.44. The zero-order valence-corrected chi connectivity index (χ0v) is 9.70. The highest BCUT2D eigenvalue weighted by molar-refractivity contribution is 5.76. The van der Waals surface area contributed by atoms with Gasteiger partial charge in [-0.05, 0) is 33.2 Å². The summed E-state index contributed by atoms with van der Waals surface area (Å²) < 4.78 is 0. The largest absolute Gasteiger partial charge is 0.315 e. The van der Waals surface area contributed by atoms with E-state index in [1.54, 1.807) is 0 Å². The van der Waals surface area contributed by atoms with Crippen LogP contribution in [0.1, 0.15) is 33.1 Å². The Hall–Kier alpha value is -0.610. The van der Waals surface area contributed by atoms with E-state index in [9.17, 15) is 4.79 Å². The average Bonchev–Trinajstić information content (AvgIpc) is 2.70. The van der Waals surface area contributed by atoms with Crippen molar-refractivity contribution in [1.29, 1.82) is 0 Å². The number of nitrogens with zero attached hydrogens (tertiary/aromatic N) is 2. The standard InChI is InChI=1S/C11H21N3O/c1-9(2)13-7-3-4-11(15)14(13)10-5-6-12-8-10/h9-10,12H,3-8H2,1-2H3. The van der Waals surface area contributed by atoms with Crippen molar-refractivity contribution >= 4 is 5.91 Å². The Morgan fingerprint density at radius 2 is 2.27 bits per heavy atom. The number of hydrazine groups is 1. The first-order valence-electron chi connectivity index (χ1n) is 5.99. The van der Waals surface area contributed by atoms with Crippen molar-refractivity contribution < 1.29 is 4.79 Å². The van der Waals surface area contributed by atoms with Crippen molar-refractivity contribution in [3.05, 3.63) is 0 Å². The van der Waals surface area contributed by atoms with Gasteiger partial charge in [0.25, 0.3) is 0 Å². The summed E-state index contributed by atoms with van der Waals surface area (Å²) in [5, 5.41) is 7.59. The molecule has 15 heavy (non-hydrogen) atoms. The number of rotatable bonds is 2. The summed E-state index contributed by atoms with van der Waals surface area (Å²) in [6.45, 7) is 7.34. The molecule has 4 heteroatoms. The summed E-state index contributed by atoms with van der Waals surface area (Å²) >= 11 is 0. The van der Waals surface area contributed by atoms with Gasteiger partial charge in [-0.15, -0.1) is 0 Å². The van der Waals surface area contributed by atoms with Crippen molar-refractivity contribution in [3.8, 4) is 0 Å². The van der Waals surface area contributed by atoms with Gasteiger partial charge in [-0.25, -0.2) is 5.01 Å². The number of carbonyl (C=O) groups excluding carboxylic acids is 1. The smallest absolute Gasteiger partial charge is 0.237 e. The fourth-order valence-electron chi connectivity index (χ4n) is 2.53. The SMILES string of the molecule is CC(C)N1CCCC(=O)N1C1CCNC1. The summed E-state index contributed by atoms with van der Waals surface area (Å²) in [4.78, 5) is 12.0. The topological polar surface area (TPSA) is 35.6 Å². The van der Waals surface area contributed by atoms with Crippen LogP contribution in [0.5, 0.6) is 0 Å². The van der Waals surface area contributed by atoms with Gasteiger partial charge in [-0.3, -0.25) is 9.80 Å². The summed E-state index contributed by atoms with van der Waals surface area (Å²) in [6, 6.07) is 0.815. The number of nitrogens with one attached hydrogen (secondary N) is 1.